The molecule has 1 fully saturated rings. The number of methoxy groups -OCH3 is 1. The van der Waals surface area contributed by atoms with Crippen molar-refractivity contribution in [2.45, 2.75) is 32.4 Å². The van der Waals surface area contributed by atoms with Crippen molar-refractivity contribution < 1.29 is 14.3 Å². The van der Waals surface area contributed by atoms with Gasteiger partial charge in [-0.1, -0.05) is 42.8 Å². The first-order chi connectivity index (χ1) is 13.2. The number of nitrogens with two attached hydrogens (primary N) is 1. The molecule has 152 valence electrons. The van der Waals surface area contributed by atoms with Crippen LogP contribution in [0.15, 0.2) is 48.5 Å². The van der Waals surface area contributed by atoms with Crippen LogP contribution in [0.5, 0.6) is 11.5 Å². The molecule has 0 radical (unpaired) electrons. The smallest absolute Gasteiger partial charge is 0.223 e. The molecule has 0 spiro atoms. The van der Waals surface area contributed by atoms with Crippen molar-refractivity contribution in [2.75, 3.05) is 13.7 Å². The van der Waals surface area contributed by atoms with Gasteiger partial charge in [0.05, 0.1) is 7.11 Å². The van der Waals surface area contributed by atoms with Crippen molar-refractivity contribution in [3.8, 4) is 11.5 Å². The minimum Gasteiger partial charge on any atom is -0.493 e. The van der Waals surface area contributed by atoms with Gasteiger partial charge in [-0.15, -0.1) is 12.4 Å². The number of nitrogens with one attached hydrogen (secondary N) is 1. The first kappa shape index (κ1) is 22.1. The van der Waals surface area contributed by atoms with E-state index in [1.54, 1.807) is 7.11 Å². The number of hydrogen-bond donors (Lipinski definition) is 2. The second-order valence-electron chi connectivity index (χ2n) is 7.01. The van der Waals surface area contributed by atoms with Gasteiger partial charge in [-0.25, -0.2) is 0 Å². The van der Waals surface area contributed by atoms with Gasteiger partial charge in [-0.05, 0) is 48.6 Å². The second kappa shape index (κ2) is 10.9. The summed E-state index contributed by atoms with van der Waals surface area (Å²) in [5.74, 6) is 1.82. The molecule has 0 saturated heterocycles. The largest absolute Gasteiger partial charge is 0.493 e. The van der Waals surface area contributed by atoms with Crippen LogP contribution in [0.3, 0.4) is 0 Å². The lowest BCUT2D eigenvalue weighted by molar-refractivity contribution is -0.126. The minimum atomic E-state index is 0. The zero-order chi connectivity index (χ0) is 19.1. The summed E-state index contributed by atoms with van der Waals surface area (Å²) in [6.45, 7) is 1.54. The van der Waals surface area contributed by atoms with Crippen LogP contribution in [0.1, 0.15) is 30.4 Å². The van der Waals surface area contributed by atoms with Crippen molar-refractivity contribution in [3.05, 3.63) is 59.7 Å². The molecule has 1 aliphatic rings. The average Bonchev–Trinajstić information content (AvgIpc) is 3.20. The Morgan fingerprint density at radius 2 is 1.89 bits per heavy atom. The fourth-order valence-corrected chi connectivity index (χ4v) is 3.66. The fourth-order valence-electron chi connectivity index (χ4n) is 3.66. The summed E-state index contributed by atoms with van der Waals surface area (Å²) in [7, 11) is 1.62. The lowest BCUT2D eigenvalue weighted by Crippen LogP contribution is -2.34. The maximum atomic E-state index is 12.4. The molecule has 3 N–H and O–H groups in total. The van der Waals surface area contributed by atoms with Crippen LogP contribution in [0.4, 0.5) is 0 Å². The maximum absolute atomic E-state index is 12.4. The molecule has 0 heterocycles. The molecular weight excluding hydrogens is 376 g/mol. The SMILES string of the molecule is COc1cc(CNC(=O)[C@@H]2CCC[C@@H]2CN)ccc1OCc1ccccc1.Cl. The first-order valence-corrected chi connectivity index (χ1v) is 9.52. The molecule has 3 rings (SSSR count). The Hall–Kier alpha value is -2.24. The highest BCUT2D eigenvalue weighted by Crippen LogP contribution is 2.31. The van der Waals surface area contributed by atoms with E-state index in [1.807, 2.05) is 48.5 Å². The number of carbonyl (C=O) groups excluding carboxylic acids is 1. The highest BCUT2D eigenvalue weighted by atomic mass is 35.5. The summed E-state index contributed by atoms with van der Waals surface area (Å²) in [6, 6.07) is 15.8. The summed E-state index contributed by atoms with van der Waals surface area (Å²) in [4.78, 5) is 12.4. The number of amides is 1. The van der Waals surface area contributed by atoms with E-state index in [2.05, 4.69) is 5.32 Å². The van der Waals surface area contributed by atoms with Crippen LogP contribution in [0, 0.1) is 11.8 Å². The van der Waals surface area contributed by atoms with Gasteiger partial charge in [0.1, 0.15) is 6.61 Å². The fraction of sp³-hybridized carbons (Fsp3) is 0.409. The summed E-state index contributed by atoms with van der Waals surface area (Å²) in [5.41, 5.74) is 7.86. The van der Waals surface area contributed by atoms with Crippen LogP contribution in [-0.2, 0) is 17.9 Å². The van der Waals surface area contributed by atoms with E-state index >= 15 is 0 Å². The monoisotopic (exact) mass is 404 g/mol. The Kier molecular flexibility index (Phi) is 8.61. The zero-order valence-corrected chi connectivity index (χ0v) is 17.0. The lowest BCUT2D eigenvalue weighted by atomic mass is 9.95. The van der Waals surface area contributed by atoms with Gasteiger partial charge in [0.25, 0.3) is 0 Å². The third kappa shape index (κ3) is 5.63. The topological polar surface area (TPSA) is 73.6 Å². The summed E-state index contributed by atoms with van der Waals surface area (Å²) < 4.78 is 11.3. The molecule has 28 heavy (non-hydrogen) atoms. The normalized spacial score (nSPS) is 18.2. The molecule has 0 bridgehead atoms. The standard InChI is InChI=1S/C22H28N2O3.ClH/c1-26-21-12-17(14-24-22(25)19-9-5-8-18(19)13-23)10-11-20(21)27-15-16-6-3-2-4-7-16;/h2-4,6-7,10-12,18-19H,5,8-9,13-15,23H2,1H3,(H,24,25);1H/t18-,19-;/m1./s1. The van der Waals surface area contributed by atoms with Crippen LogP contribution in [-0.4, -0.2) is 19.6 Å². The van der Waals surface area contributed by atoms with E-state index in [4.69, 9.17) is 15.2 Å². The number of benzene rings is 2. The number of hydrogen-bond acceptors (Lipinski definition) is 4. The number of rotatable bonds is 8. The van der Waals surface area contributed by atoms with Crippen LogP contribution in [0.2, 0.25) is 0 Å². The molecule has 0 unspecified atom stereocenters. The average molecular weight is 405 g/mol. The minimum absolute atomic E-state index is 0. The summed E-state index contributed by atoms with van der Waals surface area (Å²) in [6.07, 6.45) is 3.07. The maximum Gasteiger partial charge on any atom is 0.223 e. The van der Waals surface area contributed by atoms with Crippen molar-refractivity contribution in [3.63, 3.8) is 0 Å². The quantitative estimate of drug-likeness (QED) is 0.703. The number of carbonyl (C=O) groups is 1. The van der Waals surface area contributed by atoms with E-state index in [0.29, 0.717) is 37.1 Å². The van der Waals surface area contributed by atoms with Gasteiger partial charge in [-0.2, -0.15) is 0 Å². The molecule has 0 aliphatic heterocycles. The van der Waals surface area contributed by atoms with Gasteiger partial charge in [-0.3, -0.25) is 4.79 Å². The molecule has 0 aromatic heterocycles. The third-order valence-electron chi connectivity index (χ3n) is 5.23. The first-order valence-electron chi connectivity index (χ1n) is 9.52. The Morgan fingerprint density at radius 3 is 2.61 bits per heavy atom. The molecule has 1 aliphatic carbocycles. The van der Waals surface area contributed by atoms with E-state index < -0.39 is 0 Å². The second-order valence-corrected chi connectivity index (χ2v) is 7.01. The van der Waals surface area contributed by atoms with E-state index in [1.165, 1.54) is 0 Å². The van der Waals surface area contributed by atoms with E-state index in [-0.39, 0.29) is 24.2 Å². The molecule has 2 aromatic rings. The number of ether oxygens (including phenoxy) is 2. The van der Waals surface area contributed by atoms with Crippen molar-refractivity contribution in [1.29, 1.82) is 0 Å². The molecule has 2 atom stereocenters. The van der Waals surface area contributed by atoms with Crippen molar-refractivity contribution in [2.24, 2.45) is 17.6 Å². The van der Waals surface area contributed by atoms with Gasteiger partial charge >= 0.3 is 0 Å². The molecular formula is C22H29ClN2O3. The highest BCUT2D eigenvalue weighted by molar-refractivity contribution is 5.85. The van der Waals surface area contributed by atoms with Crippen molar-refractivity contribution in [1.82, 2.24) is 5.32 Å². The van der Waals surface area contributed by atoms with Crippen molar-refractivity contribution >= 4 is 18.3 Å². The Labute approximate surface area is 173 Å². The lowest BCUT2D eigenvalue weighted by Gasteiger charge is -2.18. The highest BCUT2D eigenvalue weighted by Gasteiger charge is 2.31. The van der Waals surface area contributed by atoms with Crippen LogP contribution < -0.4 is 20.5 Å². The molecule has 6 heteroatoms. The zero-order valence-electron chi connectivity index (χ0n) is 16.2. The predicted octanol–water partition coefficient (Wildman–Crippen LogP) is 3.69. The van der Waals surface area contributed by atoms with Gasteiger partial charge in [0.2, 0.25) is 5.91 Å². The Balaban J connectivity index is 0.00000280. The summed E-state index contributed by atoms with van der Waals surface area (Å²) >= 11 is 0. The molecule has 1 amide bonds. The predicted molar refractivity (Wildman–Crippen MR) is 113 cm³/mol. The summed E-state index contributed by atoms with van der Waals surface area (Å²) in [5, 5.41) is 3.04. The Morgan fingerprint density at radius 1 is 1.11 bits per heavy atom. The van der Waals surface area contributed by atoms with Crippen LogP contribution >= 0.6 is 12.4 Å². The van der Waals surface area contributed by atoms with Crippen LogP contribution in [0.25, 0.3) is 0 Å². The molecule has 2 aromatic carbocycles. The van der Waals surface area contributed by atoms with Gasteiger partial charge < -0.3 is 20.5 Å². The number of halogens is 1. The van der Waals surface area contributed by atoms with E-state index in [0.717, 1.165) is 30.4 Å². The third-order valence-corrected chi connectivity index (χ3v) is 5.23. The Bertz CT molecular complexity index is 755. The van der Waals surface area contributed by atoms with E-state index in [9.17, 15) is 4.79 Å². The van der Waals surface area contributed by atoms with Gasteiger partial charge in [0, 0.05) is 12.5 Å². The van der Waals surface area contributed by atoms with Gasteiger partial charge in [0.15, 0.2) is 11.5 Å². The molecule has 1 saturated carbocycles. The molecule has 5 nitrogen and oxygen atoms in total.